The molecule has 0 fully saturated rings. The van der Waals surface area contributed by atoms with E-state index in [9.17, 15) is 13.2 Å². The summed E-state index contributed by atoms with van der Waals surface area (Å²) in [5.74, 6) is 0.244. The Morgan fingerprint density at radius 2 is 1.76 bits per heavy atom. The third-order valence-corrected chi connectivity index (χ3v) is 4.27. The number of hydrogen-bond acceptors (Lipinski definition) is 4. The molecule has 1 aromatic heterocycles. The number of aromatic nitrogens is 2. The second kappa shape index (κ2) is 6.39. The molecule has 2 aromatic rings. The van der Waals surface area contributed by atoms with Crippen LogP contribution in [0.5, 0.6) is 0 Å². The minimum atomic E-state index is -4.50. The molecular formula is C13H11F3IN3S. The lowest BCUT2D eigenvalue weighted by atomic mass is 10.3. The Labute approximate surface area is 138 Å². The molecule has 8 heteroatoms. The van der Waals surface area contributed by atoms with Gasteiger partial charge in [0.25, 0.3) is 0 Å². The van der Waals surface area contributed by atoms with Gasteiger partial charge >= 0.3 is 6.18 Å². The number of rotatable bonds is 3. The highest BCUT2D eigenvalue weighted by Crippen LogP contribution is 2.37. The molecule has 0 spiro atoms. The summed E-state index contributed by atoms with van der Waals surface area (Å²) in [6, 6.07) is 9.10. The van der Waals surface area contributed by atoms with Gasteiger partial charge in [0, 0.05) is 12.7 Å². The predicted molar refractivity (Wildman–Crippen MR) is 86.0 cm³/mol. The van der Waals surface area contributed by atoms with Crippen molar-refractivity contribution in [1.29, 1.82) is 0 Å². The molecule has 0 atom stereocenters. The van der Waals surface area contributed by atoms with Gasteiger partial charge in [-0.25, -0.2) is 9.97 Å². The number of para-hydroxylation sites is 1. The average molecular weight is 425 g/mol. The molecule has 0 unspecified atom stereocenters. The van der Waals surface area contributed by atoms with Crippen LogP contribution in [0, 0.1) is 3.57 Å². The summed E-state index contributed by atoms with van der Waals surface area (Å²) in [6.45, 7) is 0. The minimum Gasteiger partial charge on any atom is -0.328 e. The molecule has 0 bridgehead atoms. The van der Waals surface area contributed by atoms with Crippen LogP contribution in [0.3, 0.4) is 0 Å². The molecule has 1 heterocycles. The van der Waals surface area contributed by atoms with Crippen LogP contribution in [0.2, 0.25) is 0 Å². The summed E-state index contributed by atoms with van der Waals surface area (Å²) in [6.07, 6.45) is -2.86. The number of halogens is 4. The highest BCUT2D eigenvalue weighted by Gasteiger charge is 2.37. The fourth-order valence-electron chi connectivity index (χ4n) is 1.69. The van der Waals surface area contributed by atoms with Gasteiger partial charge in [-0.1, -0.05) is 30.0 Å². The van der Waals surface area contributed by atoms with Gasteiger partial charge in [0.15, 0.2) is 16.7 Å². The van der Waals surface area contributed by atoms with Crippen molar-refractivity contribution in [2.75, 3.05) is 18.2 Å². The average Bonchev–Trinajstić information content (AvgIpc) is 2.46. The van der Waals surface area contributed by atoms with E-state index >= 15 is 0 Å². The highest BCUT2D eigenvalue weighted by molar-refractivity contribution is 14.1. The number of nitrogens with zero attached hydrogens (tertiary/aromatic N) is 3. The van der Waals surface area contributed by atoms with Crippen LogP contribution in [0.15, 0.2) is 35.5 Å². The molecule has 0 saturated carbocycles. The largest absolute Gasteiger partial charge is 0.434 e. The van der Waals surface area contributed by atoms with E-state index in [1.54, 1.807) is 40.8 Å². The van der Waals surface area contributed by atoms with E-state index in [2.05, 4.69) is 9.97 Å². The SMILES string of the molecule is CSc1nc(N(C)c2ccccc2)c(I)c(C(F)(F)F)n1. The molecule has 1 aromatic carbocycles. The van der Waals surface area contributed by atoms with Crippen molar-refractivity contribution in [3.8, 4) is 0 Å². The zero-order valence-corrected chi connectivity index (χ0v) is 14.1. The molecular weight excluding hydrogens is 414 g/mol. The van der Waals surface area contributed by atoms with E-state index in [1.807, 2.05) is 30.3 Å². The van der Waals surface area contributed by atoms with Crippen molar-refractivity contribution in [3.63, 3.8) is 0 Å². The van der Waals surface area contributed by atoms with Crippen LogP contribution < -0.4 is 4.90 Å². The lowest BCUT2D eigenvalue weighted by molar-refractivity contribution is -0.142. The summed E-state index contributed by atoms with van der Waals surface area (Å²) in [4.78, 5) is 9.43. The van der Waals surface area contributed by atoms with Gasteiger partial charge in [-0.15, -0.1) is 0 Å². The monoisotopic (exact) mass is 425 g/mol. The topological polar surface area (TPSA) is 29.0 Å². The van der Waals surface area contributed by atoms with E-state index in [-0.39, 0.29) is 14.5 Å². The smallest absolute Gasteiger partial charge is 0.328 e. The highest BCUT2D eigenvalue weighted by atomic mass is 127. The molecule has 0 aliphatic rings. The van der Waals surface area contributed by atoms with Crippen LogP contribution in [-0.4, -0.2) is 23.3 Å². The third kappa shape index (κ3) is 3.60. The van der Waals surface area contributed by atoms with Gasteiger partial charge in [0.2, 0.25) is 0 Å². The van der Waals surface area contributed by atoms with Crippen molar-refractivity contribution >= 4 is 45.9 Å². The quantitative estimate of drug-likeness (QED) is 0.409. The Bertz CT molecular complexity index is 635. The molecule has 0 aliphatic heterocycles. The van der Waals surface area contributed by atoms with Crippen LogP contribution in [0.1, 0.15) is 5.69 Å². The molecule has 0 amide bonds. The predicted octanol–water partition coefficient (Wildman–Crippen LogP) is 4.59. The molecule has 2 rings (SSSR count). The van der Waals surface area contributed by atoms with Gasteiger partial charge in [-0.2, -0.15) is 13.2 Å². The molecule has 0 aliphatic carbocycles. The molecule has 0 saturated heterocycles. The normalized spacial score (nSPS) is 11.5. The molecule has 112 valence electrons. The Morgan fingerprint density at radius 1 is 1.14 bits per heavy atom. The van der Waals surface area contributed by atoms with Crippen molar-refractivity contribution in [2.45, 2.75) is 11.3 Å². The number of alkyl halides is 3. The Hall–Kier alpha value is -1.03. The van der Waals surface area contributed by atoms with Crippen LogP contribution >= 0.6 is 34.4 Å². The lowest BCUT2D eigenvalue weighted by Gasteiger charge is -2.22. The summed E-state index contributed by atoms with van der Waals surface area (Å²) in [5, 5.41) is 0.0977. The van der Waals surface area contributed by atoms with Gasteiger partial charge in [-0.05, 0) is 41.0 Å². The van der Waals surface area contributed by atoms with Crippen LogP contribution in [0.25, 0.3) is 0 Å². The zero-order valence-electron chi connectivity index (χ0n) is 11.1. The second-order valence-electron chi connectivity index (χ2n) is 4.09. The Balaban J connectivity index is 2.58. The summed E-state index contributed by atoms with van der Waals surface area (Å²) < 4.78 is 39.3. The summed E-state index contributed by atoms with van der Waals surface area (Å²) in [7, 11) is 1.68. The first kappa shape index (κ1) is 16.3. The number of anilines is 2. The number of hydrogen-bond donors (Lipinski definition) is 0. The van der Waals surface area contributed by atoms with Crippen molar-refractivity contribution in [3.05, 3.63) is 39.6 Å². The maximum absolute atomic E-state index is 13.1. The summed E-state index contributed by atoms with van der Waals surface area (Å²) >= 11 is 2.73. The maximum Gasteiger partial charge on any atom is 0.434 e. The van der Waals surface area contributed by atoms with Crippen molar-refractivity contribution in [2.24, 2.45) is 0 Å². The molecule has 0 N–H and O–H groups in total. The van der Waals surface area contributed by atoms with E-state index in [0.29, 0.717) is 0 Å². The Morgan fingerprint density at radius 3 is 2.29 bits per heavy atom. The molecule has 3 nitrogen and oxygen atoms in total. The zero-order chi connectivity index (χ0) is 15.6. The number of thioether (sulfide) groups is 1. The fourth-order valence-corrected chi connectivity index (χ4v) is 2.96. The Kier molecular flexibility index (Phi) is 4.97. The van der Waals surface area contributed by atoms with Crippen LogP contribution in [-0.2, 0) is 6.18 Å². The summed E-state index contributed by atoms with van der Waals surface area (Å²) in [5.41, 5.74) is -0.144. The third-order valence-electron chi connectivity index (χ3n) is 2.73. The second-order valence-corrected chi connectivity index (χ2v) is 5.94. The standard InChI is InChI=1S/C13H11F3IN3S/c1-20(8-6-4-3-5-7-8)11-9(17)10(13(14,15)16)18-12(19-11)21-2/h3-7H,1-2H3. The van der Waals surface area contributed by atoms with Crippen molar-refractivity contribution in [1.82, 2.24) is 9.97 Å². The minimum absolute atomic E-state index is 0.00995. The molecule has 0 radical (unpaired) electrons. The van der Waals surface area contributed by atoms with E-state index in [1.165, 1.54) is 0 Å². The van der Waals surface area contributed by atoms with Gasteiger partial charge < -0.3 is 4.90 Å². The lowest BCUT2D eigenvalue weighted by Crippen LogP contribution is -2.19. The first-order valence-corrected chi connectivity index (χ1v) is 8.12. The van der Waals surface area contributed by atoms with Gasteiger partial charge in [0.1, 0.15) is 0 Å². The van der Waals surface area contributed by atoms with Crippen LogP contribution in [0.4, 0.5) is 24.7 Å². The van der Waals surface area contributed by atoms with Gasteiger partial charge in [0.05, 0.1) is 3.57 Å². The fraction of sp³-hybridized carbons (Fsp3) is 0.231. The van der Waals surface area contributed by atoms with Crippen molar-refractivity contribution < 1.29 is 13.2 Å². The van der Waals surface area contributed by atoms with E-state index in [0.717, 1.165) is 17.4 Å². The molecule has 21 heavy (non-hydrogen) atoms. The van der Waals surface area contributed by atoms with E-state index in [4.69, 9.17) is 0 Å². The van der Waals surface area contributed by atoms with Gasteiger partial charge in [-0.3, -0.25) is 0 Å². The first-order valence-electron chi connectivity index (χ1n) is 5.82. The first-order chi connectivity index (χ1) is 9.84. The number of benzene rings is 1. The maximum atomic E-state index is 13.1. The van der Waals surface area contributed by atoms with E-state index < -0.39 is 11.9 Å².